The normalized spacial score (nSPS) is 11.5. The molecule has 2 amide bonds. The quantitative estimate of drug-likeness (QED) is 0.696. The van der Waals surface area contributed by atoms with Gasteiger partial charge >= 0.3 is 0 Å². The topological polar surface area (TPSA) is 93.5 Å². The van der Waals surface area contributed by atoms with Crippen molar-refractivity contribution >= 4 is 23.2 Å². The minimum atomic E-state index is -0.650. The highest BCUT2D eigenvalue weighted by molar-refractivity contribution is 6.04. The smallest absolute Gasteiger partial charge is 0.265 e. The van der Waals surface area contributed by atoms with Crippen LogP contribution in [0.2, 0.25) is 0 Å². The van der Waals surface area contributed by atoms with E-state index in [4.69, 9.17) is 9.26 Å². The molecule has 0 spiro atoms. The van der Waals surface area contributed by atoms with Gasteiger partial charge < -0.3 is 19.9 Å². The minimum absolute atomic E-state index is 0.268. The fourth-order valence-corrected chi connectivity index (χ4v) is 2.35. The molecule has 7 nitrogen and oxygen atoms in total. The standard InChI is InChI=1S/C20H19N3O4/c1-13-18(12-21-27-13)20(25)23-16-10-8-15(9-11-16)22-19(24)14(2)26-17-6-4-3-5-7-17/h3-12,14H,1-2H3,(H,22,24)(H,23,25). The third kappa shape index (κ3) is 4.72. The number of nitrogens with one attached hydrogen (secondary N) is 2. The molecule has 0 aliphatic heterocycles. The van der Waals surface area contributed by atoms with Crippen molar-refractivity contribution in [1.29, 1.82) is 0 Å². The van der Waals surface area contributed by atoms with E-state index in [1.165, 1.54) is 6.20 Å². The Morgan fingerprint density at radius 3 is 2.22 bits per heavy atom. The first kappa shape index (κ1) is 18.2. The summed E-state index contributed by atoms with van der Waals surface area (Å²) in [6.45, 7) is 3.34. The van der Waals surface area contributed by atoms with Crippen LogP contribution in [-0.4, -0.2) is 23.1 Å². The number of aromatic nitrogens is 1. The van der Waals surface area contributed by atoms with Crippen LogP contribution in [0.3, 0.4) is 0 Å². The van der Waals surface area contributed by atoms with Crippen molar-refractivity contribution in [3.63, 3.8) is 0 Å². The zero-order chi connectivity index (χ0) is 19.2. The van der Waals surface area contributed by atoms with E-state index in [-0.39, 0.29) is 11.8 Å². The maximum absolute atomic E-state index is 12.2. The van der Waals surface area contributed by atoms with Crippen LogP contribution in [0.15, 0.2) is 65.3 Å². The van der Waals surface area contributed by atoms with Crippen LogP contribution in [-0.2, 0) is 4.79 Å². The Balaban J connectivity index is 1.56. The Morgan fingerprint density at radius 2 is 1.63 bits per heavy atom. The first-order valence-corrected chi connectivity index (χ1v) is 8.38. The van der Waals surface area contributed by atoms with Crippen LogP contribution >= 0.6 is 0 Å². The fourth-order valence-electron chi connectivity index (χ4n) is 2.35. The van der Waals surface area contributed by atoms with Gasteiger partial charge in [0.2, 0.25) is 0 Å². The highest BCUT2D eigenvalue weighted by Crippen LogP contribution is 2.17. The number of hydrogen-bond acceptors (Lipinski definition) is 5. The van der Waals surface area contributed by atoms with E-state index >= 15 is 0 Å². The van der Waals surface area contributed by atoms with Gasteiger partial charge in [0.25, 0.3) is 11.8 Å². The molecular formula is C20H19N3O4. The Bertz CT molecular complexity index is 920. The number of benzene rings is 2. The molecule has 1 heterocycles. The third-order valence-electron chi connectivity index (χ3n) is 3.83. The van der Waals surface area contributed by atoms with E-state index in [1.54, 1.807) is 50.2 Å². The lowest BCUT2D eigenvalue weighted by Gasteiger charge is -2.15. The summed E-state index contributed by atoms with van der Waals surface area (Å²) in [5.41, 5.74) is 1.56. The van der Waals surface area contributed by atoms with Crippen molar-refractivity contribution in [3.05, 3.63) is 72.1 Å². The number of para-hydroxylation sites is 1. The third-order valence-corrected chi connectivity index (χ3v) is 3.83. The average molecular weight is 365 g/mol. The number of hydrogen-bond donors (Lipinski definition) is 2. The second-order valence-corrected chi connectivity index (χ2v) is 5.89. The molecule has 0 bridgehead atoms. The fraction of sp³-hybridized carbons (Fsp3) is 0.150. The van der Waals surface area contributed by atoms with Crippen molar-refractivity contribution in [2.75, 3.05) is 10.6 Å². The molecular weight excluding hydrogens is 346 g/mol. The van der Waals surface area contributed by atoms with Crippen LogP contribution in [0.1, 0.15) is 23.0 Å². The second kappa shape index (κ2) is 8.18. The molecule has 1 unspecified atom stereocenters. The lowest BCUT2D eigenvalue weighted by Crippen LogP contribution is -2.30. The molecule has 0 fully saturated rings. The summed E-state index contributed by atoms with van der Waals surface area (Å²) >= 11 is 0. The van der Waals surface area contributed by atoms with Crippen molar-refractivity contribution < 1.29 is 18.8 Å². The number of nitrogens with zero attached hydrogens (tertiary/aromatic N) is 1. The zero-order valence-corrected chi connectivity index (χ0v) is 14.9. The SMILES string of the molecule is Cc1oncc1C(=O)Nc1ccc(NC(=O)C(C)Oc2ccccc2)cc1. The van der Waals surface area contributed by atoms with E-state index in [2.05, 4.69) is 15.8 Å². The summed E-state index contributed by atoms with van der Waals surface area (Å²) in [7, 11) is 0. The van der Waals surface area contributed by atoms with Gasteiger partial charge in [-0.05, 0) is 50.2 Å². The molecule has 7 heteroatoms. The van der Waals surface area contributed by atoms with Gasteiger partial charge in [-0.2, -0.15) is 0 Å². The molecule has 0 saturated heterocycles. The van der Waals surface area contributed by atoms with Gasteiger partial charge in [0.15, 0.2) is 6.10 Å². The number of anilines is 2. The number of ether oxygens (including phenoxy) is 1. The minimum Gasteiger partial charge on any atom is -0.481 e. The van der Waals surface area contributed by atoms with Gasteiger partial charge in [0, 0.05) is 11.4 Å². The molecule has 0 radical (unpaired) electrons. The van der Waals surface area contributed by atoms with Gasteiger partial charge in [0.05, 0.1) is 6.20 Å². The Morgan fingerprint density at radius 1 is 1.00 bits per heavy atom. The molecule has 2 N–H and O–H groups in total. The maximum Gasteiger partial charge on any atom is 0.265 e. The van der Waals surface area contributed by atoms with Gasteiger partial charge in [-0.25, -0.2) is 0 Å². The lowest BCUT2D eigenvalue weighted by atomic mass is 10.2. The van der Waals surface area contributed by atoms with Crippen LogP contribution in [0.25, 0.3) is 0 Å². The molecule has 3 rings (SSSR count). The van der Waals surface area contributed by atoms with Crippen LogP contribution in [0.5, 0.6) is 5.75 Å². The highest BCUT2D eigenvalue weighted by atomic mass is 16.5. The van der Waals surface area contributed by atoms with Crippen LogP contribution < -0.4 is 15.4 Å². The lowest BCUT2D eigenvalue weighted by molar-refractivity contribution is -0.122. The van der Waals surface area contributed by atoms with E-state index in [1.807, 2.05) is 18.2 Å². The second-order valence-electron chi connectivity index (χ2n) is 5.89. The Hall–Kier alpha value is -3.61. The highest BCUT2D eigenvalue weighted by Gasteiger charge is 2.15. The number of rotatable bonds is 6. The summed E-state index contributed by atoms with van der Waals surface area (Å²) < 4.78 is 10.5. The average Bonchev–Trinajstić information content (AvgIpc) is 3.10. The van der Waals surface area contributed by atoms with E-state index in [0.717, 1.165) is 0 Å². The predicted molar refractivity (Wildman–Crippen MR) is 101 cm³/mol. The zero-order valence-electron chi connectivity index (χ0n) is 14.9. The van der Waals surface area contributed by atoms with Crippen molar-refractivity contribution in [2.45, 2.75) is 20.0 Å². The summed E-state index contributed by atoms with van der Waals surface area (Å²) in [4.78, 5) is 24.4. The van der Waals surface area contributed by atoms with Crippen LogP contribution in [0.4, 0.5) is 11.4 Å². The van der Waals surface area contributed by atoms with Gasteiger partial charge in [-0.3, -0.25) is 9.59 Å². The molecule has 0 aliphatic rings. The Kier molecular flexibility index (Phi) is 5.51. The summed E-state index contributed by atoms with van der Waals surface area (Å²) in [6, 6.07) is 15.9. The Labute approximate surface area is 156 Å². The number of aryl methyl sites for hydroxylation is 1. The first-order valence-electron chi connectivity index (χ1n) is 8.38. The van der Waals surface area contributed by atoms with Crippen molar-refractivity contribution in [3.8, 4) is 5.75 Å². The number of amides is 2. The molecule has 0 aliphatic carbocycles. The molecule has 1 aromatic heterocycles. The largest absolute Gasteiger partial charge is 0.481 e. The van der Waals surface area contributed by atoms with Crippen LogP contribution in [0, 0.1) is 6.92 Å². The van der Waals surface area contributed by atoms with E-state index in [9.17, 15) is 9.59 Å². The maximum atomic E-state index is 12.2. The van der Waals surface area contributed by atoms with Gasteiger partial charge in [-0.1, -0.05) is 23.4 Å². The number of carbonyl (C=O) groups is 2. The van der Waals surface area contributed by atoms with Crippen molar-refractivity contribution in [1.82, 2.24) is 5.16 Å². The number of carbonyl (C=O) groups excluding carboxylic acids is 2. The van der Waals surface area contributed by atoms with E-state index in [0.29, 0.717) is 28.4 Å². The molecule has 27 heavy (non-hydrogen) atoms. The molecule has 138 valence electrons. The first-order chi connectivity index (χ1) is 13.0. The summed E-state index contributed by atoms with van der Waals surface area (Å²) in [6.07, 6.45) is 0.719. The summed E-state index contributed by atoms with van der Waals surface area (Å²) in [5, 5.41) is 9.10. The van der Waals surface area contributed by atoms with Gasteiger partial charge in [-0.15, -0.1) is 0 Å². The van der Waals surface area contributed by atoms with E-state index < -0.39 is 6.10 Å². The molecule has 3 aromatic rings. The van der Waals surface area contributed by atoms with Crippen molar-refractivity contribution in [2.24, 2.45) is 0 Å². The molecule has 2 aromatic carbocycles. The molecule has 0 saturated carbocycles. The monoisotopic (exact) mass is 365 g/mol. The molecule has 1 atom stereocenters. The van der Waals surface area contributed by atoms with Gasteiger partial charge in [0.1, 0.15) is 17.1 Å². The predicted octanol–water partition coefficient (Wildman–Crippen LogP) is 3.64. The summed E-state index contributed by atoms with van der Waals surface area (Å²) in [5.74, 6) is 0.497.